The lowest BCUT2D eigenvalue weighted by molar-refractivity contribution is -0.119. The third-order valence-electron chi connectivity index (χ3n) is 2.83. The van der Waals surface area contributed by atoms with Crippen molar-refractivity contribution >= 4 is 5.78 Å². The maximum atomic E-state index is 12.0. The Morgan fingerprint density at radius 2 is 2.11 bits per heavy atom. The van der Waals surface area contributed by atoms with Gasteiger partial charge in [-0.15, -0.1) is 0 Å². The van der Waals surface area contributed by atoms with E-state index in [4.69, 9.17) is 5.53 Å². The van der Waals surface area contributed by atoms with Gasteiger partial charge in [-0.3, -0.25) is 4.79 Å². The summed E-state index contributed by atoms with van der Waals surface area (Å²) < 4.78 is 0. The van der Waals surface area contributed by atoms with Crippen molar-refractivity contribution in [3.8, 4) is 0 Å². The number of allylic oxidation sites excluding steroid dienone is 4. The third-order valence-corrected chi connectivity index (χ3v) is 2.83. The topological polar surface area (TPSA) is 65.8 Å². The van der Waals surface area contributed by atoms with Crippen LogP contribution in [0, 0.1) is 11.8 Å². The van der Waals surface area contributed by atoms with Gasteiger partial charge in [0.2, 0.25) is 0 Å². The molecule has 1 unspecified atom stereocenters. The van der Waals surface area contributed by atoms with Crippen molar-refractivity contribution in [2.75, 3.05) is 6.54 Å². The molecule has 104 valence electrons. The van der Waals surface area contributed by atoms with Crippen molar-refractivity contribution in [3.05, 3.63) is 47.4 Å². The summed E-state index contributed by atoms with van der Waals surface area (Å²) in [6.45, 7) is 8.14. The van der Waals surface area contributed by atoms with E-state index in [2.05, 4.69) is 30.5 Å². The molecule has 0 saturated heterocycles. The van der Waals surface area contributed by atoms with E-state index < -0.39 is 0 Å². The first kappa shape index (κ1) is 17.2. The molecule has 0 saturated carbocycles. The fourth-order valence-corrected chi connectivity index (χ4v) is 1.77. The van der Waals surface area contributed by atoms with Gasteiger partial charge in [-0.25, -0.2) is 0 Å². The van der Waals surface area contributed by atoms with Crippen LogP contribution in [0.4, 0.5) is 0 Å². The second kappa shape index (κ2) is 11.3. The van der Waals surface area contributed by atoms with Crippen molar-refractivity contribution in [1.29, 1.82) is 0 Å². The van der Waals surface area contributed by atoms with Crippen LogP contribution in [0.3, 0.4) is 0 Å². The standard InChI is InChI=1S/C15H23N3O/c1-4-5-6-7-10-14(13(2)3)15(19)11-8-9-12-17-18-16/h4-6,8,11,13-14H,1,7,9-10,12H2,2-3H3/b6-5+,11-8+. The lowest BCUT2D eigenvalue weighted by Gasteiger charge is -2.16. The molecule has 19 heavy (non-hydrogen) atoms. The SMILES string of the molecule is C=C/C=C/CCC(C(=O)/C=C/CCN=[N+]=[N-])C(C)C. The van der Waals surface area contributed by atoms with Crippen molar-refractivity contribution < 1.29 is 4.79 Å². The lowest BCUT2D eigenvalue weighted by atomic mass is 9.87. The Morgan fingerprint density at radius 3 is 2.68 bits per heavy atom. The number of carbonyl (C=O) groups is 1. The zero-order chi connectivity index (χ0) is 14.5. The number of ketones is 1. The average Bonchev–Trinajstić information content (AvgIpc) is 2.37. The quantitative estimate of drug-likeness (QED) is 0.141. The number of hydrogen-bond donors (Lipinski definition) is 0. The van der Waals surface area contributed by atoms with E-state index in [9.17, 15) is 4.79 Å². The molecule has 1 atom stereocenters. The highest BCUT2D eigenvalue weighted by Gasteiger charge is 2.18. The average molecular weight is 261 g/mol. The predicted octanol–water partition coefficient (Wildman–Crippen LogP) is 4.61. The highest BCUT2D eigenvalue weighted by molar-refractivity contribution is 5.91. The first-order chi connectivity index (χ1) is 9.13. The minimum Gasteiger partial charge on any atom is -0.295 e. The predicted molar refractivity (Wildman–Crippen MR) is 79.7 cm³/mol. The summed E-state index contributed by atoms with van der Waals surface area (Å²) in [4.78, 5) is 14.7. The normalized spacial score (nSPS) is 12.8. The largest absolute Gasteiger partial charge is 0.295 e. The molecule has 0 aromatic carbocycles. The van der Waals surface area contributed by atoms with E-state index in [1.165, 1.54) is 0 Å². The maximum absolute atomic E-state index is 12.0. The summed E-state index contributed by atoms with van der Waals surface area (Å²) >= 11 is 0. The van der Waals surface area contributed by atoms with Gasteiger partial charge in [-0.1, -0.05) is 49.8 Å². The van der Waals surface area contributed by atoms with Gasteiger partial charge in [-0.05, 0) is 36.8 Å². The molecule has 0 aromatic rings. The van der Waals surface area contributed by atoms with Crippen LogP contribution in [-0.2, 0) is 4.79 Å². The monoisotopic (exact) mass is 261 g/mol. The highest BCUT2D eigenvalue weighted by Crippen LogP contribution is 2.19. The van der Waals surface area contributed by atoms with Gasteiger partial charge >= 0.3 is 0 Å². The number of hydrogen-bond acceptors (Lipinski definition) is 2. The van der Waals surface area contributed by atoms with E-state index in [0.29, 0.717) is 18.9 Å². The second-order valence-corrected chi connectivity index (χ2v) is 4.64. The molecule has 0 rings (SSSR count). The summed E-state index contributed by atoms with van der Waals surface area (Å²) in [6, 6.07) is 0. The number of azide groups is 1. The Balaban J connectivity index is 4.28. The first-order valence-corrected chi connectivity index (χ1v) is 6.62. The Morgan fingerprint density at radius 1 is 1.37 bits per heavy atom. The summed E-state index contributed by atoms with van der Waals surface area (Å²) in [6.07, 6.45) is 11.4. The third kappa shape index (κ3) is 8.86. The van der Waals surface area contributed by atoms with Crippen LogP contribution >= 0.6 is 0 Å². The van der Waals surface area contributed by atoms with Crippen LogP contribution in [0.5, 0.6) is 0 Å². The molecule has 0 heterocycles. The molecule has 0 aliphatic rings. The highest BCUT2D eigenvalue weighted by atomic mass is 16.1. The lowest BCUT2D eigenvalue weighted by Crippen LogP contribution is -2.18. The van der Waals surface area contributed by atoms with Gasteiger partial charge in [0.05, 0.1) is 0 Å². The van der Waals surface area contributed by atoms with E-state index in [0.717, 1.165) is 12.8 Å². The van der Waals surface area contributed by atoms with E-state index in [1.807, 2.05) is 12.2 Å². The molecule has 0 radical (unpaired) electrons. The van der Waals surface area contributed by atoms with Crippen molar-refractivity contribution in [2.45, 2.75) is 33.1 Å². The molecule has 0 N–H and O–H groups in total. The molecular formula is C15H23N3O. The summed E-state index contributed by atoms with van der Waals surface area (Å²) in [5.41, 5.74) is 8.13. The minimum absolute atomic E-state index is 0.0465. The molecular weight excluding hydrogens is 238 g/mol. The van der Waals surface area contributed by atoms with Crippen LogP contribution in [0.2, 0.25) is 0 Å². The van der Waals surface area contributed by atoms with E-state index in [-0.39, 0.29) is 11.7 Å². The fourth-order valence-electron chi connectivity index (χ4n) is 1.77. The number of nitrogens with zero attached hydrogens (tertiary/aromatic N) is 3. The zero-order valence-corrected chi connectivity index (χ0v) is 11.8. The van der Waals surface area contributed by atoms with E-state index >= 15 is 0 Å². The molecule has 0 bridgehead atoms. The summed E-state index contributed by atoms with van der Waals surface area (Å²) in [5, 5.41) is 3.42. The smallest absolute Gasteiger partial charge is 0.158 e. The molecule has 0 aliphatic heterocycles. The van der Waals surface area contributed by atoms with E-state index in [1.54, 1.807) is 18.2 Å². The Bertz CT molecular complexity index is 377. The van der Waals surface area contributed by atoms with Crippen LogP contribution in [0.25, 0.3) is 10.4 Å². The second-order valence-electron chi connectivity index (χ2n) is 4.64. The molecule has 4 heteroatoms. The van der Waals surface area contributed by atoms with Gasteiger partial charge in [0.15, 0.2) is 5.78 Å². The van der Waals surface area contributed by atoms with Crippen LogP contribution in [-0.4, -0.2) is 12.3 Å². The minimum atomic E-state index is 0.0465. The van der Waals surface area contributed by atoms with Crippen LogP contribution in [0.15, 0.2) is 42.1 Å². The summed E-state index contributed by atoms with van der Waals surface area (Å²) in [7, 11) is 0. The van der Waals surface area contributed by atoms with Gasteiger partial charge in [0, 0.05) is 17.4 Å². The fraction of sp³-hybridized carbons (Fsp3) is 0.533. The Labute approximate surface area is 115 Å². The molecule has 0 fully saturated rings. The zero-order valence-electron chi connectivity index (χ0n) is 11.8. The molecule has 0 aliphatic carbocycles. The molecule has 0 spiro atoms. The number of carbonyl (C=O) groups excluding carboxylic acids is 1. The van der Waals surface area contributed by atoms with Gasteiger partial charge in [0.25, 0.3) is 0 Å². The number of rotatable bonds is 10. The van der Waals surface area contributed by atoms with Gasteiger partial charge in [0.1, 0.15) is 0 Å². The van der Waals surface area contributed by atoms with Crippen molar-refractivity contribution in [1.82, 2.24) is 0 Å². The molecule has 0 aromatic heterocycles. The molecule has 4 nitrogen and oxygen atoms in total. The summed E-state index contributed by atoms with van der Waals surface area (Å²) in [5.74, 6) is 0.527. The Hall–Kier alpha value is -1.80. The van der Waals surface area contributed by atoms with Crippen molar-refractivity contribution in [2.24, 2.45) is 17.0 Å². The first-order valence-electron chi connectivity index (χ1n) is 6.62. The maximum Gasteiger partial charge on any atom is 0.158 e. The van der Waals surface area contributed by atoms with Gasteiger partial charge < -0.3 is 0 Å². The van der Waals surface area contributed by atoms with Crippen LogP contribution < -0.4 is 0 Å². The van der Waals surface area contributed by atoms with Crippen molar-refractivity contribution in [3.63, 3.8) is 0 Å². The van der Waals surface area contributed by atoms with Crippen LogP contribution in [0.1, 0.15) is 33.1 Å². The van der Waals surface area contributed by atoms with Gasteiger partial charge in [-0.2, -0.15) is 0 Å². The molecule has 0 amide bonds. The Kier molecular flexibility index (Phi) is 10.2.